The van der Waals surface area contributed by atoms with Crippen LogP contribution in [0.15, 0.2) is 18.2 Å². The van der Waals surface area contributed by atoms with Crippen LogP contribution in [-0.4, -0.2) is 36.1 Å². The Morgan fingerprint density at radius 3 is 2.75 bits per heavy atom. The second-order valence-electron chi connectivity index (χ2n) is 5.14. The zero-order valence-corrected chi connectivity index (χ0v) is 12.7. The third-order valence-corrected chi connectivity index (χ3v) is 3.50. The van der Waals surface area contributed by atoms with E-state index in [0.717, 1.165) is 24.1 Å². The highest BCUT2D eigenvalue weighted by molar-refractivity contribution is 5.96. The minimum Gasteiger partial charge on any atom is -0.384 e. The minimum absolute atomic E-state index is 0.0236. The fraction of sp³-hybridized carbons (Fsp3) is 0.471. The largest absolute Gasteiger partial charge is 0.384 e. The number of carbonyl (C=O) groups excluding carboxylic acids is 1. The van der Waals surface area contributed by atoms with Crippen molar-refractivity contribution in [3.63, 3.8) is 0 Å². The first-order chi connectivity index (χ1) is 9.51. The van der Waals surface area contributed by atoms with Gasteiger partial charge in [-0.2, -0.15) is 0 Å². The van der Waals surface area contributed by atoms with Crippen LogP contribution in [0.3, 0.4) is 0 Å². The molecule has 0 spiro atoms. The maximum Gasteiger partial charge on any atom is 0.253 e. The highest BCUT2D eigenvalue weighted by atomic mass is 16.2. The molecule has 0 heterocycles. The molecule has 0 saturated heterocycles. The molecule has 1 N–H and O–H groups in total. The van der Waals surface area contributed by atoms with Crippen molar-refractivity contribution in [1.82, 2.24) is 4.90 Å². The van der Waals surface area contributed by atoms with Gasteiger partial charge in [0.2, 0.25) is 0 Å². The molecule has 1 atom stereocenters. The van der Waals surface area contributed by atoms with E-state index in [2.05, 4.69) is 25.7 Å². The first-order valence-corrected chi connectivity index (χ1v) is 6.96. The zero-order chi connectivity index (χ0) is 15.1. The van der Waals surface area contributed by atoms with E-state index >= 15 is 0 Å². The first kappa shape index (κ1) is 16.3. The van der Waals surface area contributed by atoms with Gasteiger partial charge in [0.15, 0.2) is 0 Å². The van der Waals surface area contributed by atoms with Crippen LogP contribution in [0, 0.1) is 24.7 Å². The summed E-state index contributed by atoms with van der Waals surface area (Å²) in [5, 5.41) is 8.76. The number of rotatable bonds is 4. The summed E-state index contributed by atoms with van der Waals surface area (Å²) >= 11 is 0. The molecule has 3 heteroatoms. The summed E-state index contributed by atoms with van der Waals surface area (Å²) in [6, 6.07) is 5.52. The van der Waals surface area contributed by atoms with Crippen LogP contribution in [0.25, 0.3) is 0 Å². The molecule has 0 bridgehead atoms. The van der Waals surface area contributed by atoms with E-state index in [1.165, 1.54) is 0 Å². The van der Waals surface area contributed by atoms with Gasteiger partial charge >= 0.3 is 0 Å². The summed E-state index contributed by atoms with van der Waals surface area (Å²) in [5.41, 5.74) is 2.34. The monoisotopic (exact) mass is 273 g/mol. The Bertz CT molecular complexity index is 526. The molecule has 20 heavy (non-hydrogen) atoms. The average molecular weight is 273 g/mol. The Kier molecular flexibility index (Phi) is 6.27. The average Bonchev–Trinajstić information content (AvgIpc) is 2.45. The molecule has 1 rings (SSSR count). The van der Waals surface area contributed by atoms with Crippen LogP contribution in [0.1, 0.15) is 41.8 Å². The topological polar surface area (TPSA) is 40.5 Å². The summed E-state index contributed by atoms with van der Waals surface area (Å²) in [6.07, 6.45) is 1.05. The van der Waals surface area contributed by atoms with E-state index < -0.39 is 0 Å². The van der Waals surface area contributed by atoms with E-state index in [-0.39, 0.29) is 12.5 Å². The van der Waals surface area contributed by atoms with Gasteiger partial charge in [-0.15, -0.1) is 0 Å². The molecular weight excluding hydrogens is 250 g/mol. The number of hydrogen-bond acceptors (Lipinski definition) is 2. The van der Waals surface area contributed by atoms with Crippen molar-refractivity contribution in [3.05, 3.63) is 34.9 Å². The molecule has 108 valence electrons. The van der Waals surface area contributed by atoms with Crippen LogP contribution >= 0.6 is 0 Å². The second-order valence-corrected chi connectivity index (χ2v) is 5.14. The fourth-order valence-electron chi connectivity index (χ4n) is 2.02. The molecule has 1 aromatic rings. The normalized spacial score (nSPS) is 11.4. The Morgan fingerprint density at radius 2 is 2.15 bits per heavy atom. The van der Waals surface area contributed by atoms with Crippen molar-refractivity contribution >= 4 is 5.91 Å². The molecule has 1 amide bonds. The third-order valence-electron chi connectivity index (χ3n) is 3.50. The van der Waals surface area contributed by atoms with Crippen LogP contribution in [0.2, 0.25) is 0 Å². The number of benzene rings is 1. The molecule has 0 radical (unpaired) electrons. The van der Waals surface area contributed by atoms with Gasteiger partial charge in [0.25, 0.3) is 5.91 Å². The molecular formula is C17H23NO2. The molecule has 0 fully saturated rings. The smallest absolute Gasteiger partial charge is 0.253 e. The number of aliphatic hydroxyl groups excluding tert-OH is 1. The summed E-state index contributed by atoms with van der Waals surface area (Å²) in [6.45, 7) is 6.73. The Labute approximate surface area is 121 Å². The van der Waals surface area contributed by atoms with Crippen LogP contribution in [-0.2, 0) is 0 Å². The minimum atomic E-state index is -0.175. The van der Waals surface area contributed by atoms with Gasteiger partial charge in [0.1, 0.15) is 6.61 Å². The molecule has 0 aromatic heterocycles. The molecule has 0 aliphatic rings. The van der Waals surface area contributed by atoms with Crippen molar-refractivity contribution in [2.24, 2.45) is 5.92 Å². The Morgan fingerprint density at radius 1 is 1.45 bits per heavy atom. The first-order valence-electron chi connectivity index (χ1n) is 6.96. The lowest BCUT2D eigenvalue weighted by molar-refractivity contribution is 0.0774. The lowest BCUT2D eigenvalue weighted by Gasteiger charge is -2.22. The summed E-state index contributed by atoms with van der Waals surface area (Å²) in [7, 11) is 1.83. The standard InChI is InChI=1S/C17H23NO2/c1-5-13(2)12-18(4)17(20)16-10-6-8-15(14(16)3)9-7-11-19/h6,8,10,13,19H,5,11-12H2,1-4H3. The molecule has 0 aliphatic carbocycles. The highest BCUT2D eigenvalue weighted by Crippen LogP contribution is 2.16. The van der Waals surface area contributed by atoms with Crippen LogP contribution in [0.5, 0.6) is 0 Å². The van der Waals surface area contributed by atoms with E-state index in [4.69, 9.17) is 5.11 Å². The van der Waals surface area contributed by atoms with Crippen LogP contribution < -0.4 is 0 Å². The molecule has 3 nitrogen and oxygen atoms in total. The maximum absolute atomic E-state index is 12.5. The van der Waals surface area contributed by atoms with Gasteiger partial charge in [-0.25, -0.2) is 0 Å². The Hall–Kier alpha value is -1.79. The maximum atomic E-state index is 12.5. The number of nitrogens with zero attached hydrogens (tertiary/aromatic N) is 1. The Balaban J connectivity index is 2.99. The van der Waals surface area contributed by atoms with Gasteiger partial charge in [-0.3, -0.25) is 4.79 Å². The van der Waals surface area contributed by atoms with E-state index in [9.17, 15) is 4.79 Å². The number of carbonyl (C=O) groups is 1. The summed E-state index contributed by atoms with van der Waals surface area (Å²) in [5.74, 6) is 6.01. The quantitative estimate of drug-likeness (QED) is 0.856. The third kappa shape index (κ3) is 4.11. The van der Waals surface area contributed by atoms with Crippen LogP contribution in [0.4, 0.5) is 0 Å². The van der Waals surface area contributed by atoms with Crippen molar-refractivity contribution in [2.75, 3.05) is 20.2 Å². The molecule has 1 aromatic carbocycles. The van der Waals surface area contributed by atoms with Gasteiger partial charge in [-0.1, -0.05) is 38.2 Å². The number of hydrogen-bond donors (Lipinski definition) is 1. The van der Waals surface area contributed by atoms with Crippen molar-refractivity contribution < 1.29 is 9.90 Å². The van der Waals surface area contributed by atoms with Crippen molar-refractivity contribution in [1.29, 1.82) is 0 Å². The van der Waals surface area contributed by atoms with E-state index in [1.54, 1.807) is 4.90 Å². The SMILES string of the molecule is CCC(C)CN(C)C(=O)c1cccc(C#CCO)c1C. The second kappa shape index (κ2) is 7.72. The van der Waals surface area contributed by atoms with Gasteiger partial charge in [0.05, 0.1) is 0 Å². The highest BCUT2D eigenvalue weighted by Gasteiger charge is 2.16. The van der Waals surface area contributed by atoms with Gasteiger partial charge in [-0.05, 0) is 30.5 Å². The predicted octanol–water partition coefficient (Wildman–Crippen LogP) is 2.46. The number of amides is 1. The van der Waals surface area contributed by atoms with Gasteiger partial charge < -0.3 is 10.0 Å². The fourth-order valence-corrected chi connectivity index (χ4v) is 2.02. The van der Waals surface area contributed by atoms with E-state index in [1.807, 2.05) is 32.2 Å². The molecule has 0 aliphatic heterocycles. The van der Waals surface area contributed by atoms with Crippen molar-refractivity contribution in [3.8, 4) is 11.8 Å². The number of aliphatic hydroxyl groups is 1. The zero-order valence-electron chi connectivity index (χ0n) is 12.7. The van der Waals surface area contributed by atoms with E-state index in [0.29, 0.717) is 11.5 Å². The lowest BCUT2D eigenvalue weighted by atomic mass is 10.0. The lowest BCUT2D eigenvalue weighted by Crippen LogP contribution is -2.31. The predicted molar refractivity (Wildman–Crippen MR) is 81.6 cm³/mol. The molecule has 0 saturated carbocycles. The summed E-state index contributed by atoms with van der Waals surface area (Å²) in [4.78, 5) is 14.2. The van der Waals surface area contributed by atoms with Crippen molar-refractivity contribution in [2.45, 2.75) is 27.2 Å². The summed E-state index contributed by atoms with van der Waals surface area (Å²) < 4.78 is 0. The van der Waals surface area contributed by atoms with Gasteiger partial charge in [0, 0.05) is 24.7 Å². The molecule has 1 unspecified atom stereocenters.